The number of carbonyl (C=O) groups is 11. The third-order valence-corrected chi connectivity index (χ3v) is 8.37. The summed E-state index contributed by atoms with van der Waals surface area (Å²) >= 11 is 0. The number of aliphatic hydroxyl groups is 1. The molecule has 9 atom stereocenters. The van der Waals surface area contributed by atoms with E-state index in [9.17, 15) is 73.2 Å². The van der Waals surface area contributed by atoms with Crippen LogP contribution < -0.4 is 43.0 Å². The number of carboxylic acids is 4. The van der Waals surface area contributed by atoms with Crippen LogP contribution >= 0.6 is 0 Å². The molecule has 7 amide bonds. The lowest BCUT2D eigenvalue weighted by Crippen LogP contribution is -2.60. The molecule has 0 saturated heterocycles. The number of aliphatic hydroxyl groups excluding tert-OH is 1. The summed E-state index contributed by atoms with van der Waals surface area (Å²) in [6.07, 6.45) is -2.72. The van der Waals surface area contributed by atoms with Crippen LogP contribution in [0.2, 0.25) is 0 Å². The zero-order valence-electron chi connectivity index (χ0n) is 32.3. The summed E-state index contributed by atoms with van der Waals surface area (Å²) in [5.74, 6) is -14.5. The molecular formula is C33H54N8O16. The maximum Gasteiger partial charge on any atom is 0.326 e. The third kappa shape index (κ3) is 18.5. The van der Waals surface area contributed by atoms with Crippen molar-refractivity contribution < 1.29 is 78.3 Å². The molecular weight excluding hydrogens is 764 g/mol. The molecule has 0 bridgehead atoms. The standard InChI is InChI=1S/C33H54N8O16/c1-7-14(4)25(32(55)36-15(5)26(49)39-20(12-42)31(54)40-24(13(2)3)33(56)57)41-27(50)16(6)35-29(52)18(10-22(45)46)38-30(53)19(11-23(47)48)37-28(51)17(34)8-9-21(43)44/h13-20,24-25,42H,7-12,34H2,1-6H3,(H,35,52)(H,36,55)(H,37,51)(H,38,53)(H,39,49)(H,40,54)(H,41,50)(H,43,44)(H,45,46)(H,47,48)(H,56,57)/t14-,15-,16-,17-,18-,19-,20-,24-,25-/m0/s1. The van der Waals surface area contributed by atoms with Gasteiger partial charge in [-0.2, -0.15) is 0 Å². The predicted octanol–water partition coefficient (Wildman–Crippen LogP) is -4.66. The van der Waals surface area contributed by atoms with E-state index in [4.69, 9.17) is 10.8 Å². The fourth-order valence-corrected chi connectivity index (χ4v) is 4.72. The number of carbonyl (C=O) groups excluding carboxylic acids is 7. The number of aliphatic carboxylic acids is 4. The van der Waals surface area contributed by atoms with Crippen LogP contribution in [-0.4, -0.2) is 146 Å². The molecule has 0 saturated carbocycles. The molecule has 322 valence electrons. The van der Waals surface area contributed by atoms with Crippen molar-refractivity contribution in [2.75, 3.05) is 6.61 Å². The Kier molecular flexibility index (Phi) is 22.0. The summed E-state index contributed by atoms with van der Waals surface area (Å²) in [6, 6.07) is -12.4. The molecule has 0 rings (SSSR count). The minimum atomic E-state index is -1.93. The minimum absolute atomic E-state index is 0.304. The van der Waals surface area contributed by atoms with Crippen molar-refractivity contribution in [2.24, 2.45) is 17.6 Å². The number of amides is 7. The zero-order valence-corrected chi connectivity index (χ0v) is 32.3. The van der Waals surface area contributed by atoms with E-state index in [1.807, 2.05) is 10.6 Å². The van der Waals surface area contributed by atoms with E-state index < -0.39 is 151 Å². The van der Waals surface area contributed by atoms with Crippen LogP contribution in [0.4, 0.5) is 0 Å². The Hall–Kier alpha value is -5.91. The molecule has 0 aliphatic carbocycles. The molecule has 0 aromatic heterocycles. The van der Waals surface area contributed by atoms with Crippen molar-refractivity contribution in [3.8, 4) is 0 Å². The molecule has 0 aliphatic rings. The van der Waals surface area contributed by atoms with Gasteiger partial charge in [0.1, 0.15) is 42.3 Å². The lowest BCUT2D eigenvalue weighted by atomic mass is 9.97. The van der Waals surface area contributed by atoms with E-state index >= 15 is 0 Å². The number of nitrogens with two attached hydrogens (primary N) is 1. The molecule has 24 nitrogen and oxygen atoms in total. The fraction of sp³-hybridized carbons (Fsp3) is 0.667. The van der Waals surface area contributed by atoms with Crippen LogP contribution in [0.3, 0.4) is 0 Å². The summed E-state index contributed by atoms with van der Waals surface area (Å²) in [4.78, 5) is 136. The Morgan fingerprint density at radius 1 is 0.509 bits per heavy atom. The van der Waals surface area contributed by atoms with Crippen LogP contribution in [0.5, 0.6) is 0 Å². The number of nitrogens with one attached hydrogen (secondary N) is 7. The summed E-state index contributed by atoms with van der Waals surface area (Å²) in [7, 11) is 0. The number of carboxylic acid groups (broad SMARTS) is 4. The van der Waals surface area contributed by atoms with Crippen LogP contribution in [0, 0.1) is 11.8 Å². The van der Waals surface area contributed by atoms with Crippen LogP contribution in [0.15, 0.2) is 0 Å². The Morgan fingerprint density at radius 3 is 1.33 bits per heavy atom. The van der Waals surface area contributed by atoms with E-state index in [-0.39, 0.29) is 6.42 Å². The van der Waals surface area contributed by atoms with Crippen LogP contribution in [0.1, 0.15) is 73.6 Å². The van der Waals surface area contributed by atoms with Gasteiger partial charge in [0.15, 0.2) is 0 Å². The fourth-order valence-electron chi connectivity index (χ4n) is 4.72. The molecule has 0 aromatic carbocycles. The first-order valence-electron chi connectivity index (χ1n) is 17.7. The van der Waals surface area contributed by atoms with Gasteiger partial charge in [-0.25, -0.2) is 4.79 Å². The van der Waals surface area contributed by atoms with Gasteiger partial charge in [-0.3, -0.25) is 47.9 Å². The molecule has 0 unspecified atom stereocenters. The van der Waals surface area contributed by atoms with Crippen LogP contribution in [-0.2, 0) is 52.7 Å². The highest BCUT2D eigenvalue weighted by Gasteiger charge is 2.35. The van der Waals surface area contributed by atoms with Gasteiger partial charge in [-0.15, -0.1) is 0 Å². The minimum Gasteiger partial charge on any atom is -0.481 e. The summed E-state index contributed by atoms with van der Waals surface area (Å²) in [5.41, 5.74) is 5.61. The summed E-state index contributed by atoms with van der Waals surface area (Å²) in [5, 5.41) is 61.8. The predicted molar refractivity (Wildman–Crippen MR) is 193 cm³/mol. The monoisotopic (exact) mass is 818 g/mol. The van der Waals surface area contributed by atoms with Gasteiger partial charge in [0.25, 0.3) is 0 Å². The molecule has 14 N–H and O–H groups in total. The smallest absolute Gasteiger partial charge is 0.326 e. The molecule has 0 aromatic rings. The van der Waals surface area contributed by atoms with Crippen molar-refractivity contribution >= 4 is 65.2 Å². The van der Waals surface area contributed by atoms with E-state index in [1.165, 1.54) is 20.8 Å². The van der Waals surface area contributed by atoms with E-state index in [0.717, 1.165) is 6.92 Å². The van der Waals surface area contributed by atoms with Gasteiger partial charge in [0.05, 0.1) is 25.5 Å². The van der Waals surface area contributed by atoms with Crippen molar-refractivity contribution in [2.45, 2.75) is 122 Å². The van der Waals surface area contributed by atoms with Gasteiger partial charge >= 0.3 is 23.9 Å². The SMILES string of the molecule is CC[C@H](C)[C@H](NC(=O)[C@H](C)NC(=O)[C@H](CC(=O)O)NC(=O)[C@H](CC(=O)O)NC(=O)[C@@H](N)CCC(=O)O)C(=O)N[C@@H](C)C(=O)N[C@@H](CO)C(=O)N[C@H](C(=O)O)C(C)C. The quantitative estimate of drug-likeness (QED) is 0.0390. The molecule has 0 heterocycles. The topological polar surface area (TPSA) is 399 Å². The Labute approximate surface area is 326 Å². The van der Waals surface area contributed by atoms with Crippen molar-refractivity contribution in [3.63, 3.8) is 0 Å². The average molecular weight is 819 g/mol. The first-order valence-corrected chi connectivity index (χ1v) is 17.7. The highest BCUT2D eigenvalue weighted by Crippen LogP contribution is 2.10. The van der Waals surface area contributed by atoms with E-state index in [2.05, 4.69) is 26.6 Å². The van der Waals surface area contributed by atoms with E-state index in [0.29, 0.717) is 6.42 Å². The summed E-state index contributed by atoms with van der Waals surface area (Å²) < 4.78 is 0. The molecule has 0 fully saturated rings. The zero-order chi connectivity index (χ0) is 44.3. The van der Waals surface area contributed by atoms with Crippen LogP contribution in [0.25, 0.3) is 0 Å². The second kappa shape index (κ2) is 24.6. The van der Waals surface area contributed by atoms with E-state index in [1.54, 1.807) is 13.8 Å². The van der Waals surface area contributed by atoms with Crippen molar-refractivity contribution in [1.82, 2.24) is 37.2 Å². The van der Waals surface area contributed by atoms with Gasteiger partial charge in [0, 0.05) is 6.42 Å². The van der Waals surface area contributed by atoms with Crippen molar-refractivity contribution in [3.05, 3.63) is 0 Å². The molecule has 24 heteroatoms. The lowest BCUT2D eigenvalue weighted by molar-refractivity contribution is -0.144. The Morgan fingerprint density at radius 2 is 0.912 bits per heavy atom. The highest BCUT2D eigenvalue weighted by molar-refractivity contribution is 5.99. The largest absolute Gasteiger partial charge is 0.481 e. The second-order valence-electron chi connectivity index (χ2n) is 13.5. The third-order valence-electron chi connectivity index (χ3n) is 8.37. The van der Waals surface area contributed by atoms with Gasteiger partial charge in [-0.1, -0.05) is 34.1 Å². The lowest BCUT2D eigenvalue weighted by Gasteiger charge is -2.28. The number of hydrogen-bond acceptors (Lipinski definition) is 13. The second-order valence-corrected chi connectivity index (χ2v) is 13.5. The maximum atomic E-state index is 13.3. The normalized spacial score (nSPS) is 15.7. The Balaban J connectivity index is 5.81. The molecule has 57 heavy (non-hydrogen) atoms. The Bertz CT molecular complexity index is 1510. The summed E-state index contributed by atoms with van der Waals surface area (Å²) in [6.45, 7) is 7.76. The van der Waals surface area contributed by atoms with Gasteiger partial charge in [-0.05, 0) is 32.1 Å². The number of hydrogen-bond donors (Lipinski definition) is 13. The number of rotatable bonds is 26. The molecule has 0 aliphatic heterocycles. The first kappa shape index (κ1) is 51.1. The average Bonchev–Trinajstić information content (AvgIpc) is 3.11. The highest BCUT2D eigenvalue weighted by atomic mass is 16.4. The first-order chi connectivity index (χ1) is 26.4. The van der Waals surface area contributed by atoms with Gasteiger partial charge < -0.3 is 68.5 Å². The molecule has 0 radical (unpaired) electrons. The van der Waals surface area contributed by atoms with Crippen molar-refractivity contribution in [1.29, 1.82) is 0 Å². The maximum absolute atomic E-state index is 13.3. The van der Waals surface area contributed by atoms with Gasteiger partial charge in [0.2, 0.25) is 41.4 Å². The molecule has 0 spiro atoms.